The maximum Gasteiger partial charge on any atom is 0.0843 e. The lowest BCUT2D eigenvalue weighted by molar-refractivity contribution is 1.44. The SMILES string of the molecule is CP(C)C(C#N)P(C)C. The van der Waals surface area contributed by atoms with Gasteiger partial charge in [-0.05, 0) is 26.7 Å². The van der Waals surface area contributed by atoms with Gasteiger partial charge in [0.25, 0.3) is 0 Å². The van der Waals surface area contributed by atoms with E-state index < -0.39 is 0 Å². The first kappa shape index (κ1) is 9.35. The van der Waals surface area contributed by atoms with Crippen molar-refractivity contribution in [2.75, 3.05) is 26.7 Å². The normalized spacial score (nSPS) is 10.9. The second-order valence-electron chi connectivity index (χ2n) is 2.43. The lowest BCUT2D eigenvalue weighted by atomic mass is 10.9. The second kappa shape index (κ2) is 4.21. The van der Waals surface area contributed by atoms with Crippen LogP contribution in [0.25, 0.3) is 0 Å². The van der Waals surface area contributed by atoms with Gasteiger partial charge in [0, 0.05) is 0 Å². The van der Waals surface area contributed by atoms with Crippen LogP contribution in [0.1, 0.15) is 0 Å². The number of hydrogen-bond acceptors (Lipinski definition) is 1. The van der Waals surface area contributed by atoms with Crippen molar-refractivity contribution in [2.24, 2.45) is 0 Å². The molecule has 0 radical (unpaired) electrons. The van der Waals surface area contributed by atoms with Crippen molar-refractivity contribution in [3.63, 3.8) is 0 Å². The Labute approximate surface area is 60.0 Å². The highest BCUT2D eigenvalue weighted by Gasteiger charge is 2.14. The van der Waals surface area contributed by atoms with Crippen LogP contribution in [0.4, 0.5) is 0 Å². The summed E-state index contributed by atoms with van der Waals surface area (Å²) >= 11 is 0. The highest BCUT2D eigenvalue weighted by molar-refractivity contribution is 7.74. The molecule has 0 aliphatic rings. The molecule has 52 valence electrons. The van der Waals surface area contributed by atoms with Gasteiger partial charge in [-0.25, -0.2) is 0 Å². The van der Waals surface area contributed by atoms with E-state index in [9.17, 15) is 0 Å². The molecule has 0 atom stereocenters. The van der Waals surface area contributed by atoms with Gasteiger partial charge in [-0.3, -0.25) is 0 Å². The fourth-order valence-corrected chi connectivity index (χ4v) is 4.85. The second-order valence-corrected chi connectivity index (χ2v) is 7.72. The minimum atomic E-state index is -0.0358. The molecule has 0 aromatic carbocycles. The van der Waals surface area contributed by atoms with Crippen LogP contribution in [0.3, 0.4) is 0 Å². The Morgan fingerprint density at radius 1 is 1.11 bits per heavy atom. The van der Waals surface area contributed by atoms with Gasteiger partial charge in [0.2, 0.25) is 0 Å². The van der Waals surface area contributed by atoms with Crippen molar-refractivity contribution in [1.29, 1.82) is 5.26 Å². The molecule has 0 fully saturated rings. The standard InChI is InChI=1S/C6H13NP2/c1-8(2)6(5-7)9(3)4/h6H,1-4H3. The Morgan fingerprint density at radius 3 is 1.44 bits per heavy atom. The summed E-state index contributed by atoms with van der Waals surface area (Å²) in [7, 11) is -0.0715. The van der Waals surface area contributed by atoms with E-state index in [1.54, 1.807) is 0 Å². The fraction of sp³-hybridized carbons (Fsp3) is 0.833. The van der Waals surface area contributed by atoms with Crippen LogP contribution in [0.15, 0.2) is 0 Å². The van der Waals surface area contributed by atoms with Gasteiger partial charge in [-0.2, -0.15) is 5.26 Å². The average molecular weight is 161 g/mol. The molecule has 0 saturated carbocycles. The van der Waals surface area contributed by atoms with Crippen LogP contribution in [-0.4, -0.2) is 32.1 Å². The van der Waals surface area contributed by atoms with E-state index in [1.165, 1.54) is 0 Å². The zero-order valence-electron chi connectivity index (χ0n) is 6.42. The van der Waals surface area contributed by atoms with Crippen molar-refractivity contribution in [3.05, 3.63) is 0 Å². The van der Waals surface area contributed by atoms with Crippen molar-refractivity contribution in [3.8, 4) is 6.07 Å². The topological polar surface area (TPSA) is 23.8 Å². The lowest BCUT2D eigenvalue weighted by Gasteiger charge is -2.16. The van der Waals surface area contributed by atoms with Crippen molar-refractivity contribution in [1.82, 2.24) is 0 Å². The zero-order chi connectivity index (χ0) is 7.44. The van der Waals surface area contributed by atoms with Gasteiger partial charge in [0.05, 0.1) is 11.5 Å². The Bertz CT molecular complexity index is 107. The highest BCUT2D eigenvalue weighted by Crippen LogP contribution is 2.49. The molecule has 0 aliphatic heterocycles. The summed E-state index contributed by atoms with van der Waals surface area (Å²) in [5, 5.41) is 9.01. The predicted octanol–water partition coefficient (Wildman–Crippen LogP) is 2.32. The summed E-state index contributed by atoms with van der Waals surface area (Å²) in [5.41, 5.74) is 0. The first-order valence-electron chi connectivity index (χ1n) is 2.82. The zero-order valence-corrected chi connectivity index (χ0v) is 8.21. The summed E-state index contributed by atoms with van der Waals surface area (Å²) in [5.74, 6) is 0. The van der Waals surface area contributed by atoms with E-state index in [1.807, 2.05) is 0 Å². The Kier molecular flexibility index (Phi) is 4.37. The largest absolute Gasteiger partial charge is 0.197 e. The summed E-state index contributed by atoms with van der Waals surface area (Å²) in [6.45, 7) is 8.69. The lowest BCUT2D eigenvalue weighted by Crippen LogP contribution is -1.96. The molecule has 0 spiro atoms. The van der Waals surface area contributed by atoms with Gasteiger partial charge in [0.1, 0.15) is 0 Å². The maximum absolute atomic E-state index is 8.65. The van der Waals surface area contributed by atoms with E-state index in [0.29, 0.717) is 5.40 Å². The first-order chi connectivity index (χ1) is 4.09. The van der Waals surface area contributed by atoms with E-state index in [0.717, 1.165) is 0 Å². The van der Waals surface area contributed by atoms with E-state index in [4.69, 9.17) is 5.26 Å². The quantitative estimate of drug-likeness (QED) is 0.570. The number of nitrogens with zero attached hydrogens (tertiary/aromatic N) is 1. The molecule has 0 unspecified atom stereocenters. The molecule has 0 aromatic heterocycles. The van der Waals surface area contributed by atoms with Gasteiger partial charge >= 0.3 is 0 Å². The third kappa shape index (κ3) is 3.14. The van der Waals surface area contributed by atoms with Crippen molar-refractivity contribution in [2.45, 2.75) is 5.40 Å². The van der Waals surface area contributed by atoms with E-state index in [-0.39, 0.29) is 15.8 Å². The van der Waals surface area contributed by atoms with Gasteiger partial charge in [0.15, 0.2) is 0 Å². The molecule has 0 aromatic rings. The summed E-state index contributed by atoms with van der Waals surface area (Å²) in [6.07, 6.45) is 0. The minimum absolute atomic E-state index is 0.0358. The monoisotopic (exact) mass is 161 g/mol. The van der Waals surface area contributed by atoms with Crippen LogP contribution >= 0.6 is 15.8 Å². The third-order valence-electron chi connectivity index (χ3n) is 1.09. The maximum atomic E-state index is 8.65. The molecule has 0 bridgehead atoms. The summed E-state index contributed by atoms with van der Waals surface area (Å²) < 4.78 is 0. The molecule has 0 rings (SSSR count). The van der Waals surface area contributed by atoms with Crippen molar-refractivity contribution >= 4 is 15.8 Å². The molecule has 3 heteroatoms. The number of hydrogen-bond donors (Lipinski definition) is 0. The van der Waals surface area contributed by atoms with E-state index in [2.05, 4.69) is 32.7 Å². The molecule has 0 N–H and O–H groups in total. The van der Waals surface area contributed by atoms with Gasteiger partial charge in [-0.15, -0.1) is 0 Å². The fourth-order valence-electron chi connectivity index (χ4n) is 0.693. The van der Waals surface area contributed by atoms with Crippen LogP contribution in [0, 0.1) is 11.3 Å². The molecule has 0 saturated heterocycles. The Morgan fingerprint density at radius 2 is 1.44 bits per heavy atom. The smallest absolute Gasteiger partial charge is 0.0843 e. The van der Waals surface area contributed by atoms with Crippen molar-refractivity contribution < 1.29 is 0 Å². The molecular formula is C6H13NP2. The van der Waals surface area contributed by atoms with Crippen LogP contribution in [-0.2, 0) is 0 Å². The van der Waals surface area contributed by atoms with Crippen LogP contribution in [0.2, 0.25) is 0 Å². The third-order valence-corrected chi connectivity index (χ3v) is 6.05. The predicted molar refractivity (Wildman–Crippen MR) is 46.9 cm³/mol. The number of nitriles is 1. The Hall–Kier alpha value is 0.350. The summed E-state index contributed by atoms with van der Waals surface area (Å²) in [6, 6.07) is 2.36. The first-order valence-corrected chi connectivity index (χ1v) is 7.43. The highest BCUT2D eigenvalue weighted by atomic mass is 31.2. The molecule has 0 heterocycles. The van der Waals surface area contributed by atoms with Crippen LogP contribution < -0.4 is 0 Å². The number of rotatable bonds is 2. The molecular weight excluding hydrogens is 148 g/mol. The van der Waals surface area contributed by atoms with E-state index >= 15 is 0 Å². The molecule has 9 heavy (non-hydrogen) atoms. The minimum Gasteiger partial charge on any atom is -0.197 e. The van der Waals surface area contributed by atoms with Crippen LogP contribution in [0.5, 0.6) is 0 Å². The summed E-state index contributed by atoms with van der Waals surface area (Å²) in [4.78, 5) is 0. The molecule has 0 aliphatic carbocycles. The average Bonchev–Trinajstić information content (AvgIpc) is 1.64. The van der Waals surface area contributed by atoms with Gasteiger partial charge < -0.3 is 0 Å². The van der Waals surface area contributed by atoms with Gasteiger partial charge in [-0.1, -0.05) is 15.8 Å². The molecule has 1 nitrogen and oxygen atoms in total. The Balaban J connectivity index is 3.87. The molecule has 0 amide bonds.